The molecule has 1 aromatic rings. The molecular formula is C22H41IN4O. The molecule has 0 spiro atoms. The molecule has 0 saturated carbocycles. The number of halogens is 1. The Balaban J connectivity index is 0.00000729. The van der Waals surface area contributed by atoms with Gasteiger partial charge in [-0.2, -0.15) is 0 Å². The summed E-state index contributed by atoms with van der Waals surface area (Å²) in [5.41, 5.74) is 2.43. The summed E-state index contributed by atoms with van der Waals surface area (Å²) < 4.78 is 5.58. The number of rotatable bonds is 13. The molecule has 0 radical (unpaired) electrons. The second-order valence-corrected chi connectivity index (χ2v) is 6.82. The summed E-state index contributed by atoms with van der Waals surface area (Å²) >= 11 is 0. The average Bonchev–Trinajstić information content (AvgIpc) is 2.68. The maximum atomic E-state index is 5.58. The molecule has 1 rings (SSSR count). The van der Waals surface area contributed by atoms with Crippen LogP contribution < -0.4 is 10.6 Å². The lowest BCUT2D eigenvalue weighted by molar-refractivity contribution is 0.133. The number of hydrogen-bond donors (Lipinski definition) is 2. The first kappa shape index (κ1) is 27.1. The van der Waals surface area contributed by atoms with Crippen molar-refractivity contribution in [1.82, 2.24) is 15.5 Å². The third kappa shape index (κ3) is 11.2. The van der Waals surface area contributed by atoms with Crippen LogP contribution in [-0.4, -0.2) is 49.7 Å². The lowest BCUT2D eigenvalue weighted by Gasteiger charge is -2.21. The lowest BCUT2D eigenvalue weighted by atomic mass is 10.1. The van der Waals surface area contributed by atoms with Gasteiger partial charge in [0.15, 0.2) is 5.96 Å². The highest BCUT2D eigenvalue weighted by Crippen LogP contribution is 2.11. The molecule has 0 aromatic heterocycles. The summed E-state index contributed by atoms with van der Waals surface area (Å²) in [6.07, 6.45) is 2.34. The minimum Gasteiger partial charge on any atom is -0.377 e. The molecule has 2 N–H and O–H groups in total. The third-order valence-corrected chi connectivity index (χ3v) is 4.72. The van der Waals surface area contributed by atoms with Crippen LogP contribution in [0.1, 0.15) is 58.6 Å². The molecule has 6 heteroatoms. The van der Waals surface area contributed by atoms with Gasteiger partial charge in [0.05, 0.1) is 13.2 Å². The van der Waals surface area contributed by atoms with Crippen LogP contribution in [0.5, 0.6) is 0 Å². The standard InChI is InChI=1S/C22H40N4O.HI/c1-6-23-22(25-19(5)13-12-16-26(7-2)8-3)24-17-20-14-10-11-15-21(20)18-27-9-4;/h10-11,14-15,19H,6-9,12-13,16-18H2,1-5H3,(H2,23,24,25);1H. The zero-order valence-corrected chi connectivity index (χ0v) is 20.8. The molecule has 0 amide bonds. The third-order valence-electron chi connectivity index (χ3n) is 4.72. The van der Waals surface area contributed by atoms with E-state index in [0.717, 1.165) is 45.2 Å². The number of guanidine groups is 1. The van der Waals surface area contributed by atoms with E-state index in [0.29, 0.717) is 19.2 Å². The molecule has 1 atom stereocenters. The zero-order chi connectivity index (χ0) is 19.9. The van der Waals surface area contributed by atoms with Crippen LogP contribution in [-0.2, 0) is 17.9 Å². The molecule has 5 nitrogen and oxygen atoms in total. The number of benzene rings is 1. The van der Waals surface area contributed by atoms with Gasteiger partial charge in [0.1, 0.15) is 0 Å². The second kappa shape index (κ2) is 17.0. The van der Waals surface area contributed by atoms with Crippen molar-refractivity contribution in [3.05, 3.63) is 35.4 Å². The fourth-order valence-electron chi connectivity index (χ4n) is 3.02. The van der Waals surface area contributed by atoms with Crippen molar-refractivity contribution < 1.29 is 4.74 Å². The van der Waals surface area contributed by atoms with Crippen molar-refractivity contribution in [2.24, 2.45) is 4.99 Å². The lowest BCUT2D eigenvalue weighted by Crippen LogP contribution is -2.42. The molecule has 0 aliphatic rings. The van der Waals surface area contributed by atoms with Crippen molar-refractivity contribution in [2.45, 2.75) is 66.7 Å². The van der Waals surface area contributed by atoms with E-state index in [1.165, 1.54) is 17.5 Å². The predicted octanol–water partition coefficient (Wildman–Crippen LogP) is 4.41. The molecule has 0 fully saturated rings. The number of ether oxygens (including phenoxy) is 1. The van der Waals surface area contributed by atoms with E-state index < -0.39 is 0 Å². The number of nitrogens with one attached hydrogen (secondary N) is 2. The first-order chi connectivity index (χ1) is 13.1. The number of hydrogen-bond acceptors (Lipinski definition) is 3. The summed E-state index contributed by atoms with van der Waals surface area (Å²) in [5.74, 6) is 0.888. The number of aliphatic imine (C=N–C) groups is 1. The summed E-state index contributed by atoms with van der Waals surface area (Å²) in [5, 5.41) is 6.91. The Kier molecular flexibility index (Phi) is 16.5. The fourth-order valence-corrected chi connectivity index (χ4v) is 3.02. The molecule has 0 heterocycles. The van der Waals surface area contributed by atoms with E-state index in [1.54, 1.807) is 0 Å². The molecule has 1 unspecified atom stereocenters. The van der Waals surface area contributed by atoms with E-state index in [2.05, 4.69) is 67.5 Å². The average molecular weight is 505 g/mol. The topological polar surface area (TPSA) is 48.9 Å². The van der Waals surface area contributed by atoms with Crippen LogP contribution in [0.2, 0.25) is 0 Å². The van der Waals surface area contributed by atoms with Gasteiger partial charge in [-0.15, -0.1) is 24.0 Å². The van der Waals surface area contributed by atoms with Crippen molar-refractivity contribution in [2.75, 3.05) is 32.8 Å². The fraction of sp³-hybridized carbons (Fsp3) is 0.682. The zero-order valence-electron chi connectivity index (χ0n) is 18.5. The molecule has 0 bridgehead atoms. The van der Waals surface area contributed by atoms with Gasteiger partial charge < -0.3 is 20.3 Å². The quantitative estimate of drug-likeness (QED) is 0.238. The Labute approximate surface area is 189 Å². The van der Waals surface area contributed by atoms with E-state index >= 15 is 0 Å². The van der Waals surface area contributed by atoms with Gasteiger partial charge in [-0.1, -0.05) is 38.1 Å². The Bertz CT molecular complexity index is 535. The molecule has 0 aliphatic heterocycles. The Morgan fingerprint density at radius 2 is 1.79 bits per heavy atom. The molecule has 1 aromatic carbocycles. The van der Waals surface area contributed by atoms with Gasteiger partial charge in [0.25, 0.3) is 0 Å². The second-order valence-electron chi connectivity index (χ2n) is 6.82. The van der Waals surface area contributed by atoms with E-state index in [-0.39, 0.29) is 24.0 Å². The van der Waals surface area contributed by atoms with Crippen LogP contribution in [0.3, 0.4) is 0 Å². The Hall–Kier alpha value is -0.860. The van der Waals surface area contributed by atoms with Crippen molar-refractivity contribution in [1.29, 1.82) is 0 Å². The molecule has 162 valence electrons. The van der Waals surface area contributed by atoms with E-state index in [9.17, 15) is 0 Å². The van der Waals surface area contributed by atoms with Crippen LogP contribution >= 0.6 is 24.0 Å². The van der Waals surface area contributed by atoms with Gasteiger partial charge in [0, 0.05) is 19.2 Å². The van der Waals surface area contributed by atoms with E-state index in [1.807, 2.05) is 6.92 Å². The summed E-state index contributed by atoms with van der Waals surface area (Å²) in [6.45, 7) is 17.1. The van der Waals surface area contributed by atoms with Gasteiger partial charge in [-0.3, -0.25) is 0 Å². The van der Waals surface area contributed by atoms with Crippen LogP contribution in [0.25, 0.3) is 0 Å². The van der Waals surface area contributed by atoms with Crippen molar-refractivity contribution in [3.8, 4) is 0 Å². The summed E-state index contributed by atoms with van der Waals surface area (Å²) in [7, 11) is 0. The number of nitrogens with zero attached hydrogens (tertiary/aromatic N) is 2. The first-order valence-corrected chi connectivity index (χ1v) is 10.6. The highest BCUT2D eigenvalue weighted by atomic mass is 127. The van der Waals surface area contributed by atoms with Crippen molar-refractivity contribution >= 4 is 29.9 Å². The highest BCUT2D eigenvalue weighted by Gasteiger charge is 2.07. The predicted molar refractivity (Wildman–Crippen MR) is 132 cm³/mol. The minimum atomic E-state index is 0. The van der Waals surface area contributed by atoms with Crippen LogP contribution in [0, 0.1) is 0 Å². The molecule has 0 aliphatic carbocycles. The van der Waals surface area contributed by atoms with Gasteiger partial charge in [-0.25, -0.2) is 4.99 Å². The summed E-state index contributed by atoms with van der Waals surface area (Å²) in [4.78, 5) is 7.27. The Morgan fingerprint density at radius 1 is 1.11 bits per heavy atom. The van der Waals surface area contributed by atoms with Crippen molar-refractivity contribution in [3.63, 3.8) is 0 Å². The van der Waals surface area contributed by atoms with Gasteiger partial charge >= 0.3 is 0 Å². The van der Waals surface area contributed by atoms with E-state index in [4.69, 9.17) is 9.73 Å². The summed E-state index contributed by atoms with van der Waals surface area (Å²) in [6, 6.07) is 8.78. The molecule has 0 saturated heterocycles. The normalized spacial score (nSPS) is 12.6. The highest BCUT2D eigenvalue weighted by molar-refractivity contribution is 14.0. The first-order valence-electron chi connectivity index (χ1n) is 10.6. The van der Waals surface area contributed by atoms with Gasteiger partial charge in [0.2, 0.25) is 0 Å². The van der Waals surface area contributed by atoms with Crippen LogP contribution in [0.4, 0.5) is 0 Å². The minimum absolute atomic E-state index is 0. The smallest absolute Gasteiger partial charge is 0.191 e. The molecular weight excluding hydrogens is 463 g/mol. The van der Waals surface area contributed by atoms with Crippen LogP contribution in [0.15, 0.2) is 29.3 Å². The Morgan fingerprint density at radius 3 is 2.39 bits per heavy atom. The SMILES string of the molecule is CCNC(=NCc1ccccc1COCC)NC(C)CCCN(CC)CC.I. The van der Waals surface area contributed by atoms with Gasteiger partial charge in [-0.05, 0) is 64.4 Å². The molecule has 28 heavy (non-hydrogen) atoms. The maximum absolute atomic E-state index is 5.58. The maximum Gasteiger partial charge on any atom is 0.191 e. The largest absolute Gasteiger partial charge is 0.377 e. The monoisotopic (exact) mass is 504 g/mol.